The van der Waals surface area contributed by atoms with Gasteiger partial charge in [-0.3, -0.25) is 29.3 Å². The number of carboxylic acids is 1. The number of carbonyl (C=O) groups excluding carboxylic acids is 4. The van der Waals surface area contributed by atoms with Crippen LogP contribution in [0.5, 0.6) is 0 Å². The van der Waals surface area contributed by atoms with Gasteiger partial charge in [-0.15, -0.1) is 0 Å². The molecule has 3 aliphatic heterocycles. The molecule has 0 aliphatic carbocycles. The van der Waals surface area contributed by atoms with E-state index >= 15 is 0 Å². The number of carbonyl (C=O) groups is 5. The summed E-state index contributed by atoms with van der Waals surface area (Å²) in [5.41, 5.74) is 0.420. The zero-order chi connectivity index (χ0) is 21.6. The Morgan fingerprint density at radius 2 is 2.00 bits per heavy atom. The molecule has 0 radical (unpaired) electrons. The summed E-state index contributed by atoms with van der Waals surface area (Å²) in [5.74, 6) is -2.41. The number of imide groups is 1. The summed E-state index contributed by atoms with van der Waals surface area (Å²) in [6.07, 6.45) is 1.56. The zero-order valence-corrected chi connectivity index (χ0v) is 16.6. The van der Waals surface area contributed by atoms with E-state index in [9.17, 15) is 29.1 Å². The molecule has 4 rings (SSSR count). The Kier molecular flexibility index (Phi) is 4.83. The van der Waals surface area contributed by atoms with Gasteiger partial charge in [0, 0.05) is 37.2 Å². The summed E-state index contributed by atoms with van der Waals surface area (Å²) >= 11 is 0. The third-order valence-corrected chi connectivity index (χ3v) is 6.28. The molecule has 9 heteroatoms. The van der Waals surface area contributed by atoms with Gasteiger partial charge in [0.15, 0.2) is 0 Å². The van der Waals surface area contributed by atoms with Gasteiger partial charge in [-0.25, -0.2) is 0 Å². The van der Waals surface area contributed by atoms with Gasteiger partial charge in [0.25, 0.3) is 11.8 Å². The molecule has 30 heavy (non-hydrogen) atoms. The molecule has 3 aliphatic rings. The molecule has 4 amide bonds. The molecule has 0 aromatic heterocycles. The highest BCUT2D eigenvalue weighted by atomic mass is 16.4. The molecule has 0 saturated carbocycles. The molecule has 2 unspecified atom stereocenters. The molecule has 2 saturated heterocycles. The van der Waals surface area contributed by atoms with Crippen molar-refractivity contribution in [3.8, 4) is 0 Å². The van der Waals surface area contributed by atoms with E-state index in [4.69, 9.17) is 0 Å². The normalized spacial score (nSPS) is 26.4. The highest BCUT2D eigenvalue weighted by molar-refractivity contribution is 6.06. The maximum absolute atomic E-state index is 13.0. The smallest absolute Gasteiger partial charge is 0.311 e. The molecule has 2 atom stereocenters. The third kappa shape index (κ3) is 3.34. The zero-order valence-electron chi connectivity index (χ0n) is 16.6. The fraction of sp³-hybridized carbons (Fsp3) is 0.476. The van der Waals surface area contributed by atoms with E-state index in [1.807, 2.05) is 0 Å². The number of nitrogens with one attached hydrogen (secondary N) is 1. The van der Waals surface area contributed by atoms with Gasteiger partial charge in [0.2, 0.25) is 11.8 Å². The van der Waals surface area contributed by atoms with Crippen molar-refractivity contribution in [1.29, 1.82) is 0 Å². The van der Waals surface area contributed by atoms with Crippen LogP contribution >= 0.6 is 0 Å². The highest BCUT2D eigenvalue weighted by Gasteiger charge is 2.41. The second-order valence-electron chi connectivity index (χ2n) is 8.47. The molecule has 1 aromatic carbocycles. The summed E-state index contributed by atoms with van der Waals surface area (Å²) in [7, 11) is 0. The maximum Gasteiger partial charge on any atom is 0.311 e. The number of amides is 4. The molecule has 1 aromatic rings. The topological polar surface area (TPSA) is 124 Å². The Bertz CT molecular complexity index is 973. The van der Waals surface area contributed by atoms with Crippen molar-refractivity contribution >= 4 is 29.6 Å². The molecule has 9 nitrogen and oxygen atoms in total. The van der Waals surface area contributed by atoms with Crippen LogP contribution in [0, 0.1) is 5.41 Å². The first-order chi connectivity index (χ1) is 14.2. The number of hydrogen-bond donors (Lipinski definition) is 2. The van der Waals surface area contributed by atoms with E-state index in [2.05, 4.69) is 5.32 Å². The van der Waals surface area contributed by atoms with Gasteiger partial charge < -0.3 is 14.9 Å². The number of carboxylic acid groups (broad SMARTS) is 1. The molecule has 0 bridgehead atoms. The molecule has 158 valence electrons. The fourth-order valence-corrected chi connectivity index (χ4v) is 4.46. The predicted octanol–water partition coefficient (Wildman–Crippen LogP) is 0.774. The first-order valence-electron chi connectivity index (χ1n) is 10.00. The minimum atomic E-state index is -0.983. The lowest BCUT2D eigenvalue weighted by Gasteiger charge is -2.37. The standard InChI is InChI=1S/C21H23N3O6/c1-21(20(29)30)7-2-8-23(11-21)18(27)12-3-4-13-10-24(19(28)14(13)9-12)15-5-6-16(25)22-17(15)26/h3-4,9,15H,2,5-8,10-11H2,1H3,(H,29,30)(H,22,25,26). The molecular weight excluding hydrogens is 390 g/mol. The van der Waals surface area contributed by atoms with Crippen LogP contribution in [0.4, 0.5) is 0 Å². The van der Waals surface area contributed by atoms with Crippen LogP contribution < -0.4 is 5.32 Å². The second kappa shape index (κ2) is 7.23. The lowest BCUT2D eigenvalue weighted by atomic mass is 9.82. The Hall–Kier alpha value is -3.23. The van der Waals surface area contributed by atoms with Crippen LogP contribution in [-0.4, -0.2) is 63.6 Å². The van der Waals surface area contributed by atoms with E-state index in [0.29, 0.717) is 30.5 Å². The third-order valence-electron chi connectivity index (χ3n) is 6.28. The minimum Gasteiger partial charge on any atom is -0.481 e. The van der Waals surface area contributed by atoms with Crippen molar-refractivity contribution in [2.24, 2.45) is 5.41 Å². The van der Waals surface area contributed by atoms with Gasteiger partial charge in [0.05, 0.1) is 5.41 Å². The van der Waals surface area contributed by atoms with E-state index in [-0.39, 0.29) is 43.7 Å². The number of fused-ring (bicyclic) bond motifs is 1. The first kappa shape index (κ1) is 20.1. The van der Waals surface area contributed by atoms with E-state index in [0.717, 1.165) is 5.56 Å². The summed E-state index contributed by atoms with van der Waals surface area (Å²) in [6, 6.07) is 4.15. The molecular formula is C21H23N3O6. The average molecular weight is 413 g/mol. The van der Waals surface area contributed by atoms with Crippen LogP contribution in [0.3, 0.4) is 0 Å². The molecule has 0 spiro atoms. The largest absolute Gasteiger partial charge is 0.481 e. The van der Waals surface area contributed by atoms with Crippen LogP contribution in [0.1, 0.15) is 58.9 Å². The number of benzene rings is 1. The Balaban J connectivity index is 1.53. The Morgan fingerprint density at radius 3 is 2.70 bits per heavy atom. The number of piperidine rings is 2. The number of aliphatic carboxylic acids is 1. The Labute approximate surface area is 173 Å². The van der Waals surface area contributed by atoms with Gasteiger partial charge in [-0.05, 0) is 43.9 Å². The molecule has 3 heterocycles. The van der Waals surface area contributed by atoms with Crippen molar-refractivity contribution in [3.05, 3.63) is 34.9 Å². The van der Waals surface area contributed by atoms with Crippen molar-refractivity contribution in [2.45, 2.75) is 45.2 Å². The monoisotopic (exact) mass is 413 g/mol. The lowest BCUT2D eigenvalue weighted by Crippen LogP contribution is -2.52. The van der Waals surface area contributed by atoms with Gasteiger partial charge in [0.1, 0.15) is 6.04 Å². The van der Waals surface area contributed by atoms with Gasteiger partial charge in [-0.1, -0.05) is 6.07 Å². The summed E-state index contributed by atoms with van der Waals surface area (Å²) in [5, 5.41) is 11.7. The van der Waals surface area contributed by atoms with Crippen LogP contribution in [0.15, 0.2) is 18.2 Å². The SMILES string of the molecule is CC1(C(=O)O)CCCN(C(=O)c2ccc3c(c2)C(=O)N(C2CCC(=O)NC2=O)C3)C1. The number of likely N-dealkylation sites (tertiary alicyclic amines) is 1. The van der Waals surface area contributed by atoms with E-state index in [1.165, 1.54) is 15.9 Å². The van der Waals surface area contributed by atoms with Crippen molar-refractivity contribution < 1.29 is 29.1 Å². The number of hydrogen-bond acceptors (Lipinski definition) is 5. The number of rotatable bonds is 3. The minimum absolute atomic E-state index is 0.120. The van der Waals surface area contributed by atoms with Gasteiger partial charge in [-0.2, -0.15) is 0 Å². The van der Waals surface area contributed by atoms with Crippen LogP contribution in [0.2, 0.25) is 0 Å². The Morgan fingerprint density at radius 1 is 1.23 bits per heavy atom. The highest BCUT2D eigenvalue weighted by Crippen LogP contribution is 2.32. The average Bonchev–Trinajstić information content (AvgIpc) is 3.03. The lowest BCUT2D eigenvalue weighted by molar-refractivity contribution is -0.150. The van der Waals surface area contributed by atoms with E-state index < -0.39 is 23.3 Å². The number of nitrogens with zero attached hydrogens (tertiary/aromatic N) is 2. The van der Waals surface area contributed by atoms with E-state index in [1.54, 1.807) is 19.1 Å². The first-order valence-corrected chi connectivity index (χ1v) is 10.00. The molecule has 2 N–H and O–H groups in total. The van der Waals surface area contributed by atoms with Crippen LogP contribution in [-0.2, 0) is 20.9 Å². The predicted molar refractivity (Wildman–Crippen MR) is 103 cm³/mol. The maximum atomic E-state index is 13.0. The summed E-state index contributed by atoms with van der Waals surface area (Å²) in [6.45, 7) is 2.47. The van der Waals surface area contributed by atoms with Crippen LogP contribution in [0.25, 0.3) is 0 Å². The summed E-state index contributed by atoms with van der Waals surface area (Å²) in [4.78, 5) is 64.0. The quantitative estimate of drug-likeness (QED) is 0.706. The summed E-state index contributed by atoms with van der Waals surface area (Å²) < 4.78 is 0. The van der Waals surface area contributed by atoms with Crippen molar-refractivity contribution in [2.75, 3.05) is 13.1 Å². The fourth-order valence-electron chi connectivity index (χ4n) is 4.46. The van der Waals surface area contributed by atoms with Crippen molar-refractivity contribution in [3.63, 3.8) is 0 Å². The van der Waals surface area contributed by atoms with Gasteiger partial charge >= 0.3 is 5.97 Å². The van der Waals surface area contributed by atoms with Crippen molar-refractivity contribution in [1.82, 2.24) is 15.1 Å². The second-order valence-corrected chi connectivity index (χ2v) is 8.47. The molecule has 2 fully saturated rings.